The number of ether oxygens (including phenoxy) is 2. The van der Waals surface area contributed by atoms with Crippen molar-refractivity contribution in [1.82, 2.24) is 0 Å². The minimum absolute atomic E-state index is 0.833. The summed E-state index contributed by atoms with van der Waals surface area (Å²) in [4.78, 5) is 9.00. The molecule has 0 unspecified atom stereocenters. The van der Waals surface area contributed by atoms with E-state index in [0.717, 1.165) is 31.3 Å². The van der Waals surface area contributed by atoms with E-state index in [1.165, 1.54) is 12.0 Å². The van der Waals surface area contributed by atoms with E-state index >= 15 is 0 Å². The molecule has 1 rings (SSSR count). The largest absolute Gasteiger partial charge is 0.496 e. The van der Waals surface area contributed by atoms with Crippen molar-refractivity contribution in [2.24, 2.45) is 0 Å². The molecule has 4 nitrogen and oxygen atoms in total. The number of hydrogen-bond donors (Lipinski definition) is 1. The first kappa shape index (κ1) is 16.3. The van der Waals surface area contributed by atoms with Gasteiger partial charge in [-0.1, -0.05) is 19.4 Å². The molecule has 0 atom stereocenters. The first-order valence-corrected chi connectivity index (χ1v) is 5.96. The van der Waals surface area contributed by atoms with Gasteiger partial charge < -0.3 is 14.6 Å². The molecule has 0 spiro atoms. The topological polar surface area (TPSA) is 55.8 Å². The molecule has 1 aromatic rings. The summed E-state index contributed by atoms with van der Waals surface area (Å²) < 4.78 is 10.6. The fourth-order valence-electron chi connectivity index (χ4n) is 1.53. The number of carbonyl (C=O) groups is 1. The molecule has 0 aliphatic heterocycles. The Morgan fingerprint density at radius 1 is 1.22 bits per heavy atom. The van der Waals surface area contributed by atoms with Gasteiger partial charge in [0, 0.05) is 12.5 Å². The monoisotopic (exact) mass is 254 g/mol. The Bertz CT molecular complexity index is 335. The molecule has 0 heterocycles. The van der Waals surface area contributed by atoms with E-state index in [4.69, 9.17) is 19.4 Å². The molecule has 0 aromatic heterocycles. The highest BCUT2D eigenvalue weighted by molar-refractivity contribution is 5.62. The summed E-state index contributed by atoms with van der Waals surface area (Å²) in [5.74, 6) is 1.02. The number of unbranched alkanes of at least 4 members (excludes halogenated alkanes) is 1. The summed E-state index contributed by atoms with van der Waals surface area (Å²) >= 11 is 0. The third-order valence-corrected chi connectivity index (χ3v) is 2.31. The summed E-state index contributed by atoms with van der Waals surface area (Å²) in [5, 5.41) is 7.42. The van der Waals surface area contributed by atoms with Crippen LogP contribution in [0, 0.1) is 0 Å². The normalized spacial score (nSPS) is 9.11. The van der Waals surface area contributed by atoms with Gasteiger partial charge in [0.25, 0.3) is 5.97 Å². The minimum Gasteiger partial charge on any atom is -0.496 e. The molecule has 0 radical (unpaired) electrons. The van der Waals surface area contributed by atoms with Crippen LogP contribution in [0.4, 0.5) is 0 Å². The fourth-order valence-corrected chi connectivity index (χ4v) is 1.53. The number of carboxylic acid groups (broad SMARTS) is 1. The second-order valence-electron chi connectivity index (χ2n) is 3.76. The van der Waals surface area contributed by atoms with Crippen LogP contribution < -0.4 is 9.47 Å². The molecule has 1 aromatic carbocycles. The van der Waals surface area contributed by atoms with Gasteiger partial charge in [-0.15, -0.1) is 0 Å². The Morgan fingerprint density at radius 2 is 1.67 bits per heavy atom. The number of benzene rings is 1. The van der Waals surface area contributed by atoms with Crippen LogP contribution in [0.3, 0.4) is 0 Å². The van der Waals surface area contributed by atoms with Crippen LogP contribution in [0.5, 0.6) is 11.5 Å². The summed E-state index contributed by atoms with van der Waals surface area (Å²) in [5.41, 5.74) is 1.18. The maximum atomic E-state index is 9.00. The van der Waals surface area contributed by atoms with Crippen molar-refractivity contribution in [1.29, 1.82) is 0 Å². The van der Waals surface area contributed by atoms with Gasteiger partial charge in [0.05, 0.1) is 14.2 Å². The quantitative estimate of drug-likeness (QED) is 0.877. The van der Waals surface area contributed by atoms with Crippen molar-refractivity contribution in [2.75, 3.05) is 14.2 Å². The van der Waals surface area contributed by atoms with Crippen molar-refractivity contribution in [3.8, 4) is 11.5 Å². The average Bonchev–Trinajstić information content (AvgIpc) is 2.35. The van der Waals surface area contributed by atoms with Crippen LogP contribution >= 0.6 is 0 Å². The molecule has 0 fully saturated rings. The Kier molecular flexibility index (Phi) is 8.45. The lowest BCUT2D eigenvalue weighted by Crippen LogP contribution is -1.96. The molecule has 0 amide bonds. The zero-order valence-corrected chi connectivity index (χ0v) is 11.5. The first-order chi connectivity index (χ1) is 8.56. The predicted octanol–water partition coefficient (Wildman–Crippen LogP) is 3.14. The van der Waals surface area contributed by atoms with Gasteiger partial charge in [0.15, 0.2) is 0 Å². The smallest absolute Gasteiger partial charge is 0.300 e. The van der Waals surface area contributed by atoms with E-state index in [2.05, 4.69) is 6.92 Å². The highest BCUT2D eigenvalue weighted by atomic mass is 16.5. The van der Waals surface area contributed by atoms with Crippen LogP contribution in [0.2, 0.25) is 0 Å². The highest BCUT2D eigenvalue weighted by Crippen LogP contribution is 2.29. The number of carboxylic acids is 1. The lowest BCUT2D eigenvalue weighted by molar-refractivity contribution is -0.134. The van der Waals surface area contributed by atoms with Crippen LogP contribution in [-0.2, 0) is 11.2 Å². The lowest BCUT2D eigenvalue weighted by Gasteiger charge is -2.12. The zero-order valence-electron chi connectivity index (χ0n) is 11.5. The second-order valence-corrected chi connectivity index (χ2v) is 3.76. The molecule has 18 heavy (non-hydrogen) atoms. The molecule has 0 saturated heterocycles. The second kappa shape index (κ2) is 9.33. The molecule has 4 heteroatoms. The molecular formula is C14H22O4. The van der Waals surface area contributed by atoms with E-state index in [1.54, 1.807) is 14.2 Å². The van der Waals surface area contributed by atoms with E-state index < -0.39 is 5.97 Å². The molecular weight excluding hydrogens is 232 g/mol. The Hall–Kier alpha value is -1.71. The lowest BCUT2D eigenvalue weighted by atomic mass is 10.1. The van der Waals surface area contributed by atoms with E-state index in [9.17, 15) is 0 Å². The number of methoxy groups -OCH3 is 2. The Morgan fingerprint density at radius 3 is 2.00 bits per heavy atom. The standard InChI is InChI=1S/C12H18O2.C2H4O2/c1-4-5-7-10-11(13-2)8-6-9-12(10)14-3;1-2(3)4/h6,8-9H,4-5,7H2,1-3H3;1H3,(H,3,4). The van der Waals surface area contributed by atoms with Crippen molar-refractivity contribution < 1.29 is 19.4 Å². The molecule has 1 N–H and O–H groups in total. The van der Waals surface area contributed by atoms with Gasteiger partial charge in [0.1, 0.15) is 11.5 Å². The molecule has 0 aliphatic carbocycles. The number of aliphatic carboxylic acids is 1. The third-order valence-electron chi connectivity index (χ3n) is 2.31. The number of hydrogen-bond acceptors (Lipinski definition) is 3. The van der Waals surface area contributed by atoms with Gasteiger partial charge in [-0.25, -0.2) is 0 Å². The zero-order chi connectivity index (χ0) is 14.0. The SMILES string of the molecule is CC(=O)O.CCCCc1c(OC)cccc1OC. The predicted molar refractivity (Wildman–Crippen MR) is 71.5 cm³/mol. The summed E-state index contributed by atoms with van der Waals surface area (Å²) in [6.07, 6.45) is 3.36. The van der Waals surface area contributed by atoms with Crippen LogP contribution in [-0.4, -0.2) is 25.3 Å². The van der Waals surface area contributed by atoms with Gasteiger partial charge in [-0.3, -0.25) is 4.79 Å². The van der Waals surface area contributed by atoms with Crippen LogP contribution in [0.25, 0.3) is 0 Å². The molecule has 0 aliphatic rings. The van der Waals surface area contributed by atoms with Gasteiger partial charge >= 0.3 is 0 Å². The van der Waals surface area contributed by atoms with E-state index in [1.807, 2.05) is 18.2 Å². The van der Waals surface area contributed by atoms with Crippen LogP contribution in [0.1, 0.15) is 32.3 Å². The van der Waals surface area contributed by atoms with Crippen molar-refractivity contribution in [2.45, 2.75) is 33.1 Å². The Labute approximate surface area is 109 Å². The van der Waals surface area contributed by atoms with Crippen LogP contribution in [0.15, 0.2) is 18.2 Å². The van der Waals surface area contributed by atoms with Gasteiger partial charge in [0.2, 0.25) is 0 Å². The summed E-state index contributed by atoms with van der Waals surface area (Å²) in [6, 6.07) is 5.91. The van der Waals surface area contributed by atoms with Crippen molar-refractivity contribution in [3.63, 3.8) is 0 Å². The highest BCUT2D eigenvalue weighted by Gasteiger charge is 2.08. The maximum absolute atomic E-state index is 9.00. The van der Waals surface area contributed by atoms with Crippen molar-refractivity contribution in [3.05, 3.63) is 23.8 Å². The van der Waals surface area contributed by atoms with E-state index in [-0.39, 0.29) is 0 Å². The summed E-state index contributed by atoms with van der Waals surface area (Å²) in [7, 11) is 3.40. The molecule has 102 valence electrons. The minimum atomic E-state index is -0.833. The molecule has 0 saturated carbocycles. The third kappa shape index (κ3) is 6.13. The first-order valence-electron chi connectivity index (χ1n) is 5.96. The van der Waals surface area contributed by atoms with Gasteiger partial charge in [-0.2, -0.15) is 0 Å². The molecule has 0 bridgehead atoms. The van der Waals surface area contributed by atoms with Crippen molar-refractivity contribution >= 4 is 5.97 Å². The Balaban J connectivity index is 0.000000631. The van der Waals surface area contributed by atoms with Gasteiger partial charge in [-0.05, 0) is 25.0 Å². The maximum Gasteiger partial charge on any atom is 0.300 e. The van der Waals surface area contributed by atoms with E-state index in [0.29, 0.717) is 0 Å². The number of rotatable bonds is 5. The fraction of sp³-hybridized carbons (Fsp3) is 0.500. The average molecular weight is 254 g/mol. The summed E-state index contributed by atoms with van der Waals surface area (Å²) in [6.45, 7) is 3.27.